The zero-order valence-corrected chi connectivity index (χ0v) is 12.5. The van der Waals surface area contributed by atoms with Crippen LogP contribution in [-0.2, 0) is 6.54 Å². The third kappa shape index (κ3) is 4.02. The summed E-state index contributed by atoms with van der Waals surface area (Å²) < 4.78 is 0. The van der Waals surface area contributed by atoms with Crippen molar-refractivity contribution in [2.75, 3.05) is 13.1 Å². The van der Waals surface area contributed by atoms with Gasteiger partial charge in [-0.2, -0.15) is 0 Å². The van der Waals surface area contributed by atoms with E-state index >= 15 is 0 Å². The lowest BCUT2D eigenvalue weighted by atomic mass is 9.78. The van der Waals surface area contributed by atoms with Crippen LogP contribution in [0.25, 0.3) is 0 Å². The van der Waals surface area contributed by atoms with Crippen LogP contribution in [0.15, 0.2) is 24.5 Å². The van der Waals surface area contributed by atoms with Crippen LogP contribution < -0.4 is 5.32 Å². The van der Waals surface area contributed by atoms with Crippen LogP contribution in [-0.4, -0.2) is 35.1 Å². The van der Waals surface area contributed by atoms with E-state index in [4.69, 9.17) is 0 Å². The van der Waals surface area contributed by atoms with Crippen LogP contribution in [0, 0.1) is 5.92 Å². The first-order chi connectivity index (χ1) is 9.20. The first-order valence-electron chi connectivity index (χ1n) is 7.57. The van der Waals surface area contributed by atoms with Gasteiger partial charge in [-0.1, -0.05) is 20.8 Å². The van der Waals surface area contributed by atoms with Gasteiger partial charge in [0.2, 0.25) is 0 Å². The van der Waals surface area contributed by atoms with Crippen molar-refractivity contribution in [3.8, 4) is 0 Å². The lowest BCUT2D eigenvalue weighted by molar-refractivity contribution is 0.0587. The van der Waals surface area contributed by atoms with Crippen LogP contribution in [0.5, 0.6) is 0 Å². The van der Waals surface area contributed by atoms with Crippen molar-refractivity contribution < 1.29 is 0 Å². The zero-order valence-electron chi connectivity index (χ0n) is 12.5. The molecule has 1 aliphatic carbocycles. The van der Waals surface area contributed by atoms with Crippen molar-refractivity contribution in [3.05, 3.63) is 30.1 Å². The van der Waals surface area contributed by atoms with Crippen molar-refractivity contribution >= 4 is 0 Å². The summed E-state index contributed by atoms with van der Waals surface area (Å²) in [5.74, 6) is 0.823. The highest BCUT2D eigenvalue weighted by Gasteiger charge is 2.34. The fourth-order valence-corrected chi connectivity index (χ4v) is 2.84. The Labute approximate surface area is 117 Å². The molecular formula is C16H27N3. The number of nitrogens with one attached hydrogen (secondary N) is 1. The molecule has 19 heavy (non-hydrogen) atoms. The molecule has 1 fully saturated rings. The van der Waals surface area contributed by atoms with Crippen LogP contribution in [0.1, 0.15) is 39.2 Å². The van der Waals surface area contributed by atoms with Gasteiger partial charge in [-0.05, 0) is 49.5 Å². The molecule has 3 nitrogen and oxygen atoms in total. The smallest absolute Gasteiger partial charge is 0.0271 e. The molecule has 2 atom stereocenters. The number of hydrogen-bond acceptors (Lipinski definition) is 3. The van der Waals surface area contributed by atoms with Gasteiger partial charge in [0.05, 0.1) is 0 Å². The second kappa shape index (κ2) is 7.01. The molecule has 1 N–H and O–H groups in total. The molecule has 0 spiro atoms. The fraction of sp³-hybridized carbons (Fsp3) is 0.688. The Hall–Kier alpha value is -0.930. The molecule has 2 rings (SSSR count). The summed E-state index contributed by atoms with van der Waals surface area (Å²) >= 11 is 0. The molecule has 0 saturated heterocycles. The maximum atomic E-state index is 4.09. The molecule has 1 aromatic heterocycles. The Bertz CT molecular complexity index is 364. The monoisotopic (exact) mass is 261 g/mol. The van der Waals surface area contributed by atoms with Gasteiger partial charge < -0.3 is 5.32 Å². The minimum atomic E-state index is 0.594. The standard InChI is InChI=1S/C16H27N3/c1-4-19(12-14-7-9-17-10-8-14)16-6-5-15(16)11-18-13(2)3/h7-10,13,15-16,18H,4-6,11-12H2,1-3H3. The zero-order chi connectivity index (χ0) is 13.7. The molecule has 0 bridgehead atoms. The van der Waals surface area contributed by atoms with Crippen molar-refractivity contribution in [3.63, 3.8) is 0 Å². The first-order valence-corrected chi connectivity index (χ1v) is 7.57. The van der Waals surface area contributed by atoms with Crippen LogP contribution in [0.4, 0.5) is 0 Å². The number of aromatic nitrogens is 1. The first kappa shape index (κ1) is 14.5. The number of hydrogen-bond donors (Lipinski definition) is 1. The molecule has 3 heteroatoms. The predicted molar refractivity (Wildman–Crippen MR) is 80.0 cm³/mol. The van der Waals surface area contributed by atoms with Gasteiger partial charge in [-0.25, -0.2) is 0 Å². The molecule has 1 heterocycles. The molecule has 0 radical (unpaired) electrons. The minimum absolute atomic E-state index is 0.594. The van der Waals surface area contributed by atoms with Gasteiger partial charge >= 0.3 is 0 Å². The molecule has 1 aromatic rings. The van der Waals surface area contributed by atoms with E-state index in [1.165, 1.54) is 18.4 Å². The molecule has 1 aliphatic rings. The van der Waals surface area contributed by atoms with E-state index in [1.54, 1.807) is 0 Å². The summed E-state index contributed by atoms with van der Waals surface area (Å²) in [4.78, 5) is 6.71. The van der Waals surface area contributed by atoms with Crippen molar-refractivity contribution in [1.29, 1.82) is 0 Å². The Morgan fingerprint density at radius 1 is 1.32 bits per heavy atom. The van der Waals surface area contributed by atoms with Crippen LogP contribution in [0.2, 0.25) is 0 Å². The summed E-state index contributed by atoms with van der Waals surface area (Å²) in [7, 11) is 0. The summed E-state index contributed by atoms with van der Waals surface area (Å²) in [5.41, 5.74) is 1.37. The fourth-order valence-electron chi connectivity index (χ4n) is 2.84. The Kier molecular flexibility index (Phi) is 5.34. The largest absolute Gasteiger partial charge is 0.314 e. The molecule has 0 aliphatic heterocycles. The second-order valence-electron chi connectivity index (χ2n) is 5.89. The molecule has 0 amide bonds. The summed E-state index contributed by atoms with van der Waals surface area (Å²) in [6.07, 6.45) is 6.50. The van der Waals surface area contributed by atoms with E-state index in [0.717, 1.165) is 31.6 Å². The normalized spacial score (nSPS) is 22.8. The highest BCUT2D eigenvalue weighted by molar-refractivity contribution is 5.10. The van der Waals surface area contributed by atoms with Crippen molar-refractivity contribution in [2.24, 2.45) is 5.92 Å². The van der Waals surface area contributed by atoms with Crippen molar-refractivity contribution in [2.45, 2.75) is 52.2 Å². The second-order valence-corrected chi connectivity index (χ2v) is 5.89. The summed E-state index contributed by atoms with van der Waals surface area (Å²) in [5, 5.41) is 3.58. The average molecular weight is 261 g/mol. The van der Waals surface area contributed by atoms with Gasteiger partial charge in [-0.15, -0.1) is 0 Å². The number of rotatable bonds is 7. The van der Waals surface area contributed by atoms with E-state index in [9.17, 15) is 0 Å². The molecule has 106 valence electrons. The number of pyridine rings is 1. The van der Waals surface area contributed by atoms with E-state index in [1.807, 2.05) is 12.4 Å². The summed E-state index contributed by atoms with van der Waals surface area (Å²) in [6.45, 7) is 10.1. The molecule has 2 unspecified atom stereocenters. The maximum absolute atomic E-state index is 4.09. The third-order valence-corrected chi connectivity index (χ3v) is 4.18. The topological polar surface area (TPSA) is 28.2 Å². The van der Waals surface area contributed by atoms with E-state index in [-0.39, 0.29) is 0 Å². The highest BCUT2D eigenvalue weighted by Crippen LogP contribution is 2.32. The lowest BCUT2D eigenvalue weighted by Crippen LogP contribution is -2.50. The predicted octanol–water partition coefficient (Wildman–Crippen LogP) is 2.68. The highest BCUT2D eigenvalue weighted by atomic mass is 15.2. The Balaban J connectivity index is 1.87. The summed E-state index contributed by atoms with van der Waals surface area (Å²) in [6, 6.07) is 5.60. The Morgan fingerprint density at radius 3 is 2.58 bits per heavy atom. The lowest BCUT2D eigenvalue weighted by Gasteiger charge is -2.44. The van der Waals surface area contributed by atoms with Crippen LogP contribution in [0.3, 0.4) is 0 Å². The molecule has 1 saturated carbocycles. The van der Waals surface area contributed by atoms with Gasteiger partial charge in [-0.3, -0.25) is 9.88 Å². The third-order valence-electron chi connectivity index (χ3n) is 4.18. The SMILES string of the molecule is CCN(Cc1ccncc1)C1CCC1CNC(C)C. The average Bonchev–Trinajstić information content (AvgIpc) is 2.37. The van der Waals surface area contributed by atoms with Gasteiger partial charge in [0.15, 0.2) is 0 Å². The minimum Gasteiger partial charge on any atom is -0.314 e. The molecular weight excluding hydrogens is 234 g/mol. The molecule has 0 aromatic carbocycles. The van der Waals surface area contributed by atoms with E-state index < -0.39 is 0 Å². The van der Waals surface area contributed by atoms with Crippen molar-refractivity contribution in [1.82, 2.24) is 15.2 Å². The van der Waals surface area contributed by atoms with Gasteiger partial charge in [0.1, 0.15) is 0 Å². The number of nitrogens with zero attached hydrogens (tertiary/aromatic N) is 2. The van der Waals surface area contributed by atoms with Crippen LogP contribution >= 0.6 is 0 Å². The van der Waals surface area contributed by atoms with E-state index in [2.05, 4.69) is 48.1 Å². The van der Waals surface area contributed by atoms with E-state index in [0.29, 0.717) is 6.04 Å². The van der Waals surface area contributed by atoms with Gasteiger partial charge in [0, 0.05) is 31.0 Å². The Morgan fingerprint density at radius 2 is 2.05 bits per heavy atom. The quantitative estimate of drug-likeness (QED) is 0.818. The maximum Gasteiger partial charge on any atom is 0.0271 e. The van der Waals surface area contributed by atoms with Gasteiger partial charge in [0.25, 0.3) is 0 Å².